The van der Waals surface area contributed by atoms with Crippen molar-refractivity contribution in [3.8, 4) is 6.01 Å². The molecule has 18 heavy (non-hydrogen) atoms. The number of nitrogens with zero attached hydrogens (tertiary/aromatic N) is 3. The highest BCUT2D eigenvalue weighted by molar-refractivity contribution is 14.1. The highest BCUT2D eigenvalue weighted by atomic mass is 127. The van der Waals surface area contributed by atoms with Gasteiger partial charge in [-0.25, -0.2) is 0 Å². The van der Waals surface area contributed by atoms with E-state index in [1.165, 1.54) is 0 Å². The Bertz CT molecular complexity index is 473. The van der Waals surface area contributed by atoms with E-state index in [-0.39, 0.29) is 12.6 Å². The van der Waals surface area contributed by atoms with Crippen LogP contribution >= 0.6 is 22.6 Å². The largest absolute Gasteiger partial charge is 0.467 e. The Kier molecular flexibility index (Phi) is 3.07. The van der Waals surface area contributed by atoms with Gasteiger partial charge < -0.3 is 19.5 Å². The van der Waals surface area contributed by atoms with Crippen LogP contribution in [-0.4, -0.2) is 53.6 Å². The van der Waals surface area contributed by atoms with E-state index in [2.05, 4.69) is 37.5 Å². The normalized spacial score (nSPS) is 29.9. The van der Waals surface area contributed by atoms with E-state index >= 15 is 0 Å². The van der Waals surface area contributed by atoms with Crippen molar-refractivity contribution in [1.82, 2.24) is 9.97 Å². The van der Waals surface area contributed by atoms with Gasteiger partial charge in [0.2, 0.25) is 0 Å². The Morgan fingerprint density at radius 3 is 3.17 bits per heavy atom. The van der Waals surface area contributed by atoms with Crippen molar-refractivity contribution in [2.75, 3.05) is 31.8 Å². The number of anilines is 1. The summed E-state index contributed by atoms with van der Waals surface area (Å²) < 4.78 is 11.6. The number of hydrogen-bond donors (Lipinski definition) is 1. The van der Waals surface area contributed by atoms with Crippen molar-refractivity contribution in [2.24, 2.45) is 0 Å². The molecule has 0 spiro atoms. The fraction of sp³-hybridized carbons (Fsp3) is 0.636. The minimum Gasteiger partial charge on any atom is -0.467 e. The number of ether oxygens (including phenoxy) is 2. The second kappa shape index (κ2) is 4.46. The van der Waals surface area contributed by atoms with Crippen LogP contribution in [0.25, 0.3) is 0 Å². The van der Waals surface area contributed by atoms with Gasteiger partial charge in [0, 0.05) is 12.5 Å². The van der Waals surface area contributed by atoms with Crippen molar-refractivity contribution in [3.63, 3.8) is 0 Å². The van der Waals surface area contributed by atoms with Crippen LogP contribution in [-0.2, 0) is 4.74 Å². The summed E-state index contributed by atoms with van der Waals surface area (Å²) >= 11 is 2.15. The molecule has 2 fully saturated rings. The quantitative estimate of drug-likeness (QED) is 0.621. The molecule has 3 rings (SSSR count). The predicted octanol–water partition coefficient (Wildman–Crippen LogP) is 0.430. The number of fused-ring (bicyclic) bond motifs is 2. The third-order valence-electron chi connectivity index (χ3n) is 3.51. The minimum absolute atomic E-state index is 0.0549. The zero-order valence-corrected chi connectivity index (χ0v) is 12.1. The van der Waals surface area contributed by atoms with E-state index in [4.69, 9.17) is 9.47 Å². The molecule has 1 aromatic heterocycles. The van der Waals surface area contributed by atoms with Crippen LogP contribution in [0.1, 0.15) is 6.42 Å². The molecule has 0 saturated carbocycles. The summed E-state index contributed by atoms with van der Waals surface area (Å²) in [5.74, 6) is 0.842. The predicted molar refractivity (Wildman–Crippen MR) is 72.8 cm³/mol. The molecule has 0 aromatic carbocycles. The number of rotatable bonds is 3. The van der Waals surface area contributed by atoms with Gasteiger partial charge in [0.25, 0.3) is 0 Å². The van der Waals surface area contributed by atoms with E-state index in [0.29, 0.717) is 19.2 Å². The summed E-state index contributed by atoms with van der Waals surface area (Å²) in [5.41, 5.74) is -0.408. The molecular formula is C11H14IN3O3. The Morgan fingerprint density at radius 2 is 2.50 bits per heavy atom. The van der Waals surface area contributed by atoms with Gasteiger partial charge in [0.1, 0.15) is 15.1 Å². The van der Waals surface area contributed by atoms with Crippen LogP contribution in [0.5, 0.6) is 6.01 Å². The highest BCUT2D eigenvalue weighted by Crippen LogP contribution is 2.39. The molecule has 2 atom stereocenters. The first-order chi connectivity index (χ1) is 8.65. The molecule has 7 heteroatoms. The molecule has 3 heterocycles. The second-order valence-electron chi connectivity index (χ2n) is 4.67. The standard InChI is InChI=1S/C11H14IN3O3/c1-17-10-13-8(12)2-9(14-10)15-5-11(6-16)3-7(15)4-18-11/h2,7,16H,3-6H2,1H3/t7-,11-/m1/s1. The number of aromatic nitrogens is 2. The number of morpholine rings is 1. The van der Waals surface area contributed by atoms with E-state index < -0.39 is 5.60 Å². The lowest BCUT2D eigenvalue weighted by atomic mass is 10.1. The SMILES string of the molecule is COc1nc(I)cc(N2C[C@@]3(CO)C[C@@H]2CO3)n1. The van der Waals surface area contributed by atoms with Gasteiger partial charge in [-0.2, -0.15) is 9.97 Å². The van der Waals surface area contributed by atoms with Gasteiger partial charge in [0.15, 0.2) is 0 Å². The fourth-order valence-corrected chi connectivity index (χ4v) is 3.11. The smallest absolute Gasteiger partial charge is 0.319 e. The average molecular weight is 363 g/mol. The highest BCUT2D eigenvalue weighted by Gasteiger charge is 2.51. The number of methoxy groups -OCH3 is 1. The first-order valence-electron chi connectivity index (χ1n) is 5.76. The van der Waals surface area contributed by atoms with Crippen molar-refractivity contribution < 1.29 is 14.6 Å². The lowest BCUT2D eigenvalue weighted by Gasteiger charge is -2.32. The Morgan fingerprint density at radius 1 is 1.67 bits per heavy atom. The molecule has 6 nitrogen and oxygen atoms in total. The van der Waals surface area contributed by atoms with Gasteiger partial charge in [-0.15, -0.1) is 0 Å². The van der Waals surface area contributed by atoms with Crippen molar-refractivity contribution in [2.45, 2.75) is 18.1 Å². The van der Waals surface area contributed by atoms with Gasteiger partial charge in [-0.3, -0.25) is 0 Å². The molecule has 0 aliphatic carbocycles. The van der Waals surface area contributed by atoms with Crippen LogP contribution in [0, 0.1) is 3.70 Å². The summed E-state index contributed by atoms with van der Waals surface area (Å²) in [6, 6.07) is 2.58. The van der Waals surface area contributed by atoms with E-state index in [0.717, 1.165) is 15.9 Å². The summed E-state index contributed by atoms with van der Waals surface area (Å²) in [5, 5.41) is 9.45. The lowest BCUT2D eigenvalue weighted by molar-refractivity contribution is -0.0375. The molecular weight excluding hydrogens is 349 g/mol. The number of hydrogen-bond acceptors (Lipinski definition) is 6. The van der Waals surface area contributed by atoms with E-state index in [9.17, 15) is 5.11 Å². The maximum Gasteiger partial charge on any atom is 0.319 e. The van der Waals surface area contributed by atoms with Crippen LogP contribution < -0.4 is 9.64 Å². The maximum absolute atomic E-state index is 9.45. The Balaban J connectivity index is 1.90. The molecule has 2 bridgehead atoms. The van der Waals surface area contributed by atoms with Crippen molar-refractivity contribution in [3.05, 3.63) is 9.77 Å². The number of aliphatic hydroxyl groups is 1. The first kappa shape index (κ1) is 12.4. The zero-order valence-electron chi connectivity index (χ0n) is 9.97. The van der Waals surface area contributed by atoms with Gasteiger partial charge in [-0.1, -0.05) is 0 Å². The van der Waals surface area contributed by atoms with Crippen LogP contribution in [0.4, 0.5) is 5.82 Å². The Hall–Kier alpha value is -0.670. The summed E-state index contributed by atoms with van der Waals surface area (Å²) in [6.07, 6.45) is 0.854. The minimum atomic E-state index is -0.408. The first-order valence-corrected chi connectivity index (χ1v) is 6.84. The molecule has 98 valence electrons. The van der Waals surface area contributed by atoms with Gasteiger partial charge in [0.05, 0.1) is 32.9 Å². The monoisotopic (exact) mass is 363 g/mol. The van der Waals surface area contributed by atoms with E-state index in [1.54, 1.807) is 7.11 Å². The van der Waals surface area contributed by atoms with Gasteiger partial charge >= 0.3 is 6.01 Å². The number of halogens is 1. The molecule has 0 unspecified atom stereocenters. The summed E-state index contributed by atoms with van der Waals surface area (Å²) in [4.78, 5) is 10.7. The van der Waals surface area contributed by atoms with Crippen molar-refractivity contribution >= 4 is 28.4 Å². The molecule has 2 aliphatic rings. The molecule has 2 saturated heterocycles. The fourth-order valence-electron chi connectivity index (χ4n) is 2.62. The van der Waals surface area contributed by atoms with Crippen LogP contribution in [0.3, 0.4) is 0 Å². The molecule has 2 aliphatic heterocycles. The molecule has 1 aromatic rings. The van der Waals surface area contributed by atoms with Crippen molar-refractivity contribution in [1.29, 1.82) is 0 Å². The van der Waals surface area contributed by atoms with Crippen LogP contribution in [0.2, 0.25) is 0 Å². The van der Waals surface area contributed by atoms with Gasteiger partial charge in [-0.05, 0) is 22.6 Å². The Labute approximate surface area is 118 Å². The third-order valence-corrected chi connectivity index (χ3v) is 4.07. The molecule has 0 radical (unpaired) electrons. The lowest BCUT2D eigenvalue weighted by Crippen LogP contribution is -2.45. The summed E-state index contributed by atoms with van der Waals surface area (Å²) in [6.45, 7) is 1.37. The zero-order chi connectivity index (χ0) is 12.8. The third kappa shape index (κ3) is 1.94. The topological polar surface area (TPSA) is 67.7 Å². The number of aliphatic hydroxyl groups excluding tert-OH is 1. The van der Waals surface area contributed by atoms with E-state index in [1.807, 2.05) is 6.07 Å². The maximum atomic E-state index is 9.45. The second-order valence-corrected chi connectivity index (χ2v) is 5.78. The molecule has 1 N–H and O–H groups in total. The summed E-state index contributed by atoms with van der Waals surface area (Å²) in [7, 11) is 1.56. The average Bonchev–Trinajstić information content (AvgIpc) is 2.96. The van der Waals surface area contributed by atoms with Crippen LogP contribution in [0.15, 0.2) is 6.07 Å². The molecule has 0 amide bonds.